The SMILES string of the molecule is CC1CN(Cc2ccccc2OC(F)(F)F)CC(C)N1. The summed E-state index contributed by atoms with van der Waals surface area (Å²) < 4.78 is 41.2. The second kappa shape index (κ2) is 6.01. The van der Waals surface area contributed by atoms with Crippen molar-refractivity contribution >= 4 is 0 Å². The van der Waals surface area contributed by atoms with Gasteiger partial charge >= 0.3 is 6.36 Å². The van der Waals surface area contributed by atoms with Crippen molar-refractivity contribution in [3.05, 3.63) is 29.8 Å². The van der Waals surface area contributed by atoms with Gasteiger partial charge in [0, 0.05) is 37.3 Å². The highest BCUT2D eigenvalue weighted by Crippen LogP contribution is 2.27. The van der Waals surface area contributed by atoms with Gasteiger partial charge in [-0.15, -0.1) is 13.2 Å². The van der Waals surface area contributed by atoms with Gasteiger partial charge in [0.05, 0.1) is 0 Å². The number of nitrogens with one attached hydrogen (secondary N) is 1. The van der Waals surface area contributed by atoms with Crippen molar-refractivity contribution in [3.63, 3.8) is 0 Å². The fourth-order valence-corrected chi connectivity index (χ4v) is 2.67. The minimum atomic E-state index is -4.65. The van der Waals surface area contributed by atoms with Crippen molar-refractivity contribution < 1.29 is 17.9 Å². The zero-order chi connectivity index (χ0) is 14.8. The van der Waals surface area contributed by atoms with E-state index in [1.54, 1.807) is 18.2 Å². The number of nitrogens with zero attached hydrogens (tertiary/aromatic N) is 1. The van der Waals surface area contributed by atoms with Crippen molar-refractivity contribution in [1.29, 1.82) is 0 Å². The standard InChI is InChI=1S/C14H19F3N2O/c1-10-7-19(8-11(2)18-10)9-12-5-3-4-6-13(12)20-14(15,16)17/h3-6,10-11,18H,7-9H2,1-2H3. The first-order valence-electron chi connectivity index (χ1n) is 6.65. The lowest BCUT2D eigenvalue weighted by Gasteiger charge is -2.36. The minimum Gasteiger partial charge on any atom is -0.405 e. The molecule has 20 heavy (non-hydrogen) atoms. The van der Waals surface area contributed by atoms with Crippen LogP contribution in [0.3, 0.4) is 0 Å². The maximum absolute atomic E-state index is 12.4. The van der Waals surface area contributed by atoms with Gasteiger partial charge in [-0.1, -0.05) is 18.2 Å². The van der Waals surface area contributed by atoms with Gasteiger partial charge in [-0.2, -0.15) is 0 Å². The molecule has 1 saturated heterocycles. The third-order valence-corrected chi connectivity index (χ3v) is 3.23. The second-order valence-electron chi connectivity index (χ2n) is 5.32. The van der Waals surface area contributed by atoms with Crippen molar-refractivity contribution in [2.24, 2.45) is 0 Å². The van der Waals surface area contributed by atoms with Gasteiger partial charge < -0.3 is 10.1 Å². The molecule has 2 rings (SSSR count). The lowest BCUT2D eigenvalue weighted by atomic mass is 10.1. The van der Waals surface area contributed by atoms with Crippen LogP contribution in [0.15, 0.2) is 24.3 Å². The highest BCUT2D eigenvalue weighted by molar-refractivity contribution is 5.33. The number of hydrogen-bond donors (Lipinski definition) is 1. The molecule has 0 radical (unpaired) electrons. The van der Waals surface area contributed by atoms with Gasteiger partial charge in [0.1, 0.15) is 5.75 Å². The molecule has 0 bridgehead atoms. The number of halogens is 3. The highest BCUT2D eigenvalue weighted by Gasteiger charge is 2.32. The zero-order valence-electron chi connectivity index (χ0n) is 11.6. The molecule has 1 aromatic rings. The van der Waals surface area contributed by atoms with Crippen molar-refractivity contribution in [2.75, 3.05) is 13.1 Å². The van der Waals surface area contributed by atoms with E-state index in [-0.39, 0.29) is 5.75 Å². The number of benzene rings is 1. The van der Waals surface area contributed by atoms with Crippen LogP contribution in [0.4, 0.5) is 13.2 Å². The average Bonchev–Trinajstić information content (AvgIpc) is 2.28. The summed E-state index contributed by atoms with van der Waals surface area (Å²) >= 11 is 0. The Morgan fingerprint density at radius 2 is 1.80 bits per heavy atom. The Balaban J connectivity index is 2.09. The summed E-state index contributed by atoms with van der Waals surface area (Å²) in [5, 5.41) is 3.39. The van der Waals surface area contributed by atoms with Crippen LogP contribution < -0.4 is 10.1 Å². The summed E-state index contributed by atoms with van der Waals surface area (Å²) in [6.45, 7) is 6.22. The monoisotopic (exact) mass is 288 g/mol. The van der Waals surface area contributed by atoms with E-state index in [1.807, 2.05) is 0 Å². The molecule has 1 aliphatic heterocycles. The van der Waals surface area contributed by atoms with Crippen LogP contribution in [0.5, 0.6) is 5.75 Å². The molecule has 2 atom stereocenters. The summed E-state index contributed by atoms with van der Waals surface area (Å²) in [5.41, 5.74) is 0.561. The van der Waals surface area contributed by atoms with Crippen molar-refractivity contribution in [3.8, 4) is 5.75 Å². The minimum absolute atomic E-state index is 0.112. The first-order chi connectivity index (χ1) is 9.33. The van der Waals surface area contributed by atoms with E-state index < -0.39 is 6.36 Å². The Morgan fingerprint density at radius 3 is 2.40 bits per heavy atom. The molecule has 0 aromatic heterocycles. The van der Waals surface area contributed by atoms with E-state index in [9.17, 15) is 13.2 Å². The third kappa shape index (κ3) is 4.38. The number of rotatable bonds is 3. The van der Waals surface area contributed by atoms with Gasteiger partial charge in [-0.05, 0) is 19.9 Å². The molecule has 1 fully saturated rings. The summed E-state index contributed by atoms with van der Waals surface area (Å²) in [7, 11) is 0. The fourth-order valence-electron chi connectivity index (χ4n) is 2.67. The quantitative estimate of drug-likeness (QED) is 0.925. The normalized spacial score (nSPS) is 24.6. The van der Waals surface area contributed by atoms with E-state index in [2.05, 4.69) is 28.8 Å². The molecular weight excluding hydrogens is 269 g/mol. The van der Waals surface area contributed by atoms with Gasteiger partial charge in [0.15, 0.2) is 0 Å². The molecule has 0 spiro atoms. The van der Waals surface area contributed by atoms with E-state index in [1.165, 1.54) is 6.07 Å². The van der Waals surface area contributed by atoms with Crippen LogP contribution in [-0.4, -0.2) is 36.4 Å². The van der Waals surface area contributed by atoms with E-state index >= 15 is 0 Å². The Bertz CT molecular complexity index is 440. The predicted molar refractivity (Wildman–Crippen MR) is 70.5 cm³/mol. The molecule has 112 valence electrons. The Labute approximate surface area is 116 Å². The average molecular weight is 288 g/mol. The van der Waals surface area contributed by atoms with Crippen LogP contribution in [0.1, 0.15) is 19.4 Å². The summed E-state index contributed by atoms with van der Waals surface area (Å²) in [6, 6.07) is 6.97. The van der Waals surface area contributed by atoms with Crippen molar-refractivity contribution in [2.45, 2.75) is 38.8 Å². The van der Waals surface area contributed by atoms with Crippen LogP contribution in [0.2, 0.25) is 0 Å². The van der Waals surface area contributed by atoms with Crippen LogP contribution in [-0.2, 0) is 6.54 Å². The topological polar surface area (TPSA) is 24.5 Å². The summed E-state index contributed by atoms with van der Waals surface area (Å²) in [4.78, 5) is 2.14. The van der Waals surface area contributed by atoms with Crippen LogP contribution in [0, 0.1) is 0 Å². The van der Waals surface area contributed by atoms with Gasteiger partial charge in [-0.25, -0.2) is 0 Å². The number of alkyl halides is 3. The maximum atomic E-state index is 12.4. The molecule has 1 N–H and O–H groups in total. The molecular formula is C14H19F3N2O. The summed E-state index contributed by atoms with van der Waals surface area (Å²) in [5.74, 6) is -0.112. The van der Waals surface area contributed by atoms with E-state index in [4.69, 9.17) is 0 Å². The van der Waals surface area contributed by atoms with E-state index in [0.29, 0.717) is 24.2 Å². The molecule has 1 aromatic carbocycles. The second-order valence-corrected chi connectivity index (χ2v) is 5.32. The Morgan fingerprint density at radius 1 is 1.20 bits per heavy atom. The molecule has 1 heterocycles. The number of ether oxygens (including phenoxy) is 1. The lowest BCUT2D eigenvalue weighted by Crippen LogP contribution is -2.53. The largest absolute Gasteiger partial charge is 0.573 e. The molecule has 3 nitrogen and oxygen atoms in total. The molecule has 6 heteroatoms. The first kappa shape index (κ1) is 15.1. The van der Waals surface area contributed by atoms with Gasteiger partial charge in [-0.3, -0.25) is 4.90 Å². The predicted octanol–water partition coefficient (Wildman–Crippen LogP) is 2.77. The Hall–Kier alpha value is -1.27. The van der Waals surface area contributed by atoms with Gasteiger partial charge in [0.2, 0.25) is 0 Å². The molecule has 0 aliphatic carbocycles. The smallest absolute Gasteiger partial charge is 0.405 e. The molecule has 0 amide bonds. The maximum Gasteiger partial charge on any atom is 0.573 e. The summed E-state index contributed by atoms with van der Waals surface area (Å²) in [6.07, 6.45) is -4.65. The highest BCUT2D eigenvalue weighted by atomic mass is 19.4. The number of para-hydroxylation sites is 1. The number of hydrogen-bond acceptors (Lipinski definition) is 3. The molecule has 1 aliphatic rings. The van der Waals surface area contributed by atoms with Gasteiger partial charge in [0.25, 0.3) is 0 Å². The number of piperazine rings is 1. The van der Waals surface area contributed by atoms with Crippen LogP contribution in [0.25, 0.3) is 0 Å². The third-order valence-electron chi connectivity index (χ3n) is 3.23. The lowest BCUT2D eigenvalue weighted by molar-refractivity contribution is -0.275. The fraction of sp³-hybridized carbons (Fsp3) is 0.571. The molecule has 2 unspecified atom stereocenters. The zero-order valence-corrected chi connectivity index (χ0v) is 11.6. The van der Waals surface area contributed by atoms with E-state index in [0.717, 1.165) is 13.1 Å². The first-order valence-corrected chi connectivity index (χ1v) is 6.65. The Kier molecular flexibility index (Phi) is 4.55. The van der Waals surface area contributed by atoms with Crippen molar-refractivity contribution in [1.82, 2.24) is 10.2 Å². The van der Waals surface area contributed by atoms with Crippen LogP contribution >= 0.6 is 0 Å². The molecule has 0 saturated carbocycles.